The molecule has 18 heavy (non-hydrogen) atoms. The van der Waals surface area contributed by atoms with E-state index in [1.54, 1.807) is 0 Å². The van der Waals surface area contributed by atoms with E-state index in [0.29, 0.717) is 46.2 Å². The zero-order valence-corrected chi connectivity index (χ0v) is 10.5. The van der Waals surface area contributed by atoms with Crippen molar-refractivity contribution < 1.29 is 28.5 Å². The smallest absolute Gasteiger partial charge is 0.310 e. The summed E-state index contributed by atoms with van der Waals surface area (Å²) in [5.74, 6) is -0.800. The van der Waals surface area contributed by atoms with Crippen molar-refractivity contribution in [1.82, 2.24) is 0 Å². The van der Waals surface area contributed by atoms with Crippen molar-refractivity contribution in [2.45, 2.75) is 0 Å². The van der Waals surface area contributed by atoms with Crippen molar-refractivity contribution >= 4 is 5.97 Å². The Labute approximate surface area is 108 Å². The number of esters is 1. The zero-order valence-electron chi connectivity index (χ0n) is 10.5. The Balaban J connectivity index is 2.92. The molecule has 6 heteroatoms. The summed E-state index contributed by atoms with van der Waals surface area (Å²) >= 11 is 0. The minimum absolute atomic E-state index is 0.152. The molecule has 0 atom stereocenters. The first kappa shape index (κ1) is 17.3. The SMILES string of the molecule is [CH]COCCOCCOCCOCCOC([CH])=O. The van der Waals surface area contributed by atoms with Gasteiger partial charge in [-0.25, -0.2) is 0 Å². The Morgan fingerprint density at radius 2 is 1.11 bits per heavy atom. The number of hydrogen-bond donors (Lipinski definition) is 0. The van der Waals surface area contributed by atoms with E-state index < -0.39 is 5.97 Å². The van der Waals surface area contributed by atoms with Crippen molar-refractivity contribution in [3.05, 3.63) is 13.8 Å². The highest BCUT2D eigenvalue weighted by molar-refractivity contribution is 5.73. The van der Waals surface area contributed by atoms with Gasteiger partial charge in [0.1, 0.15) is 6.61 Å². The summed E-state index contributed by atoms with van der Waals surface area (Å²) in [5, 5.41) is 0. The second-order valence-corrected chi connectivity index (χ2v) is 3.08. The van der Waals surface area contributed by atoms with E-state index in [9.17, 15) is 4.79 Å². The van der Waals surface area contributed by atoms with Gasteiger partial charge in [0.15, 0.2) is 0 Å². The fourth-order valence-electron chi connectivity index (χ4n) is 0.944. The Kier molecular flexibility index (Phi) is 13.8. The monoisotopic (exact) mass is 260 g/mol. The molecule has 6 nitrogen and oxygen atoms in total. The lowest BCUT2D eigenvalue weighted by atomic mass is 10.7. The fourth-order valence-corrected chi connectivity index (χ4v) is 0.944. The van der Waals surface area contributed by atoms with Crippen molar-refractivity contribution in [2.24, 2.45) is 0 Å². The van der Waals surface area contributed by atoms with Crippen LogP contribution >= 0.6 is 0 Å². The third-order valence-electron chi connectivity index (χ3n) is 1.71. The number of hydrogen-bond acceptors (Lipinski definition) is 6. The topological polar surface area (TPSA) is 63.2 Å². The van der Waals surface area contributed by atoms with Gasteiger partial charge in [-0.1, -0.05) is 0 Å². The Hall–Kier alpha value is -0.690. The summed E-state index contributed by atoms with van der Waals surface area (Å²) in [5.41, 5.74) is 0. The molecule has 0 bridgehead atoms. The second-order valence-electron chi connectivity index (χ2n) is 3.08. The first-order chi connectivity index (χ1) is 8.77. The molecule has 104 valence electrons. The highest BCUT2D eigenvalue weighted by Crippen LogP contribution is 1.83. The number of carbonyl (C=O) groups is 1. The van der Waals surface area contributed by atoms with Gasteiger partial charge in [-0.05, 0) is 6.92 Å². The van der Waals surface area contributed by atoms with E-state index in [1.165, 1.54) is 0 Å². The normalized spacial score (nSPS) is 10.6. The van der Waals surface area contributed by atoms with E-state index in [0.717, 1.165) is 0 Å². The van der Waals surface area contributed by atoms with Crippen molar-refractivity contribution in [3.8, 4) is 0 Å². The van der Waals surface area contributed by atoms with E-state index in [4.69, 9.17) is 32.8 Å². The third-order valence-corrected chi connectivity index (χ3v) is 1.71. The molecular formula is C12H20O6. The van der Waals surface area contributed by atoms with E-state index in [2.05, 4.69) is 4.74 Å². The first-order valence-electron chi connectivity index (χ1n) is 5.70. The van der Waals surface area contributed by atoms with Crippen molar-refractivity contribution in [3.63, 3.8) is 0 Å². The highest BCUT2D eigenvalue weighted by Gasteiger charge is 1.94. The van der Waals surface area contributed by atoms with Crippen LogP contribution in [0.25, 0.3) is 0 Å². The maximum Gasteiger partial charge on any atom is 0.310 e. The molecule has 0 aromatic rings. The van der Waals surface area contributed by atoms with Crippen LogP contribution < -0.4 is 0 Å². The van der Waals surface area contributed by atoms with Crippen molar-refractivity contribution in [2.75, 3.05) is 59.5 Å². The molecule has 0 aliphatic carbocycles. The Morgan fingerprint density at radius 3 is 1.50 bits per heavy atom. The lowest BCUT2D eigenvalue weighted by Crippen LogP contribution is -2.13. The molecular weight excluding hydrogens is 240 g/mol. The van der Waals surface area contributed by atoms with Crippen LogP contribution in [0.3, 0.4) is 0 Å². The summed E-state index contributed by atoms with van der Waals surface area (Å²) in [6.07, 6.45) is 0. The first-order valence-corrected chi connectivity index (χ1v) is 5.70. The second kappa shape index (κ2) is 14.4. The van der Waals surface area contributed by atoms with Crippen LogP contribution in [0.15, 0.2) is 0 Å². The van der Waals surface area contributed by atoms with Gasteiger partial charge in [0.05, 0.1) is 59.8 Å². The summed E-state index contributed by atoms with van der Waals surface area (Å²) in [7, 11) is 0. The van der Waals surface area contributed by atoms with Gasteiger partial charge >= 0.3 is 5.97 Å². The quantitative estimate of drug-likeness (QED) is 0.343. The molecule has 4 radical (unpaired) electrons. The Bertz CT molecular complexity index is 185. The van der Waals surface area contributed by atoms with Gasteiger partial charge < -0.3 is 23.7 Å². The molecule has 0 saturated carbocycles. The van der Waals surface area contributed by atoms with Crippen LogP contribution in [0.4, 0.5) is 0 Å². The van der Waals surface area contributed by atoms with E-state index in [-0.39, 0.29) is 13.2 Å². The molecule has 0 unspecified atom stereocenters. The van der Waals surface area contributed by atoms with Crippen LogP contribution in [0.5, 0.6) is 0 Å². The molecule has 0 saturated heterocycles. The maximum absolute atomic E-state index is 10.2. The molecule has 0 amide bonds. The average molecular weight is 260 g/mol. The van der Waals surface area contributed by atoms with Gasteiger partial charge in [-0.3, -0.25) is 4.79 Å². The minimum atomic E-state index is -0.800. The van der Waals surface area contributed by atoms with Gasteiger partial charge in [-0.2, -0.15) is 0 Å². The summed E-state index contributed by atoms with van der Waals surface area (Å²) in [4.78, 5) is 10.2. The standard InChI is InChI=1S/C12H20O6/c1-3-14-4-5-15-6-7-16-8-9-17-10-11-18-12(2)13/h1-2H,3-11H2. The predicted octanol–water partition coefficient (Wildman–Crippen LogP) is 0.0182. The molecule has 0 rings (SSSR count). The number of ether oxygens (including phenoxy) is 5. The van der Waals surface area contributed by atoms with E-state index in [1.807, 2.05) is 0 Å². The van der Waals surface area contributed by atoms with Crippen LogP contribution in [-0.2, 0) is 28.5 Å². The largest absolute Gasteiger partial charge is 0.463 e. The minimum Gasteiger partial charge on any atom is -0.463 e. The van der Waals surface area contributed by atoms with Gasteiger partial charge in [-0.15, -0.1) is 0 Å². The lowest BCUT2D eigenvalue weighted by molar-refractivity contribution is -0.139. The zero-order chi connectivity index (χ0) is 13.5. The van der Waals surface area contributed by atoms with E-state index >= 15 is 0 Å². The average Bonchev–Trinajstić information content (AvgIpc) is 2.34. The molecule has 0 aliphatic rings. The van der Waals surface area contributed by atoms with Gasteiger partial charge in [0, 0.05) is 0 Å². The fraction of sp³-hybridized carbons (Fsp3) is 0.750. The maximum atomic E-state index is 10.2. The predicted molar refractivity (Wildman–Crippen MR) is 62.8 cm³/mol. The van der Waals surface area contributed by atoms with Gasteiger partial charge in [0.2, 0.25) is 0 Å². The van der Waals surface area contributed by atoms with Crippen LogP contribution in [0.2, 0.25) is 0 Å². The highest BCUT2D eigenvalue weighted by atomic mass is 16.6. The molecule has 0 spiro atoms. The summed E-state index contributed by atoms with van der Waals surface area (Å²) < 4.78 is 24.9. The summed E-state index contributed by atoms with van der Waals surface area (Å²) in [6, 6.07) is 0. The lowest BCUT2D eigenvalue weighted by Gasteiger charge is -2.07. The summed E-state index contributed by atoms with van der Waals surface area (Å²) in [6.45, 7) is 13.4. The molecule has 0 aliphatic heterocycles. The Morgan fingerprint density at radius 1 is 0.722 bits per heavy atom. The molecule has 0 aromatic heterocycles. The molecule has 0 fully saturated rings. The molecule has 0 N–H and O–H groups in total. The number of rotatable bonds is 13. The van der Waals surface area contributed by atoms with Crippen LogP contribution in [-0.4, -0.2) is 65.4 Å². The third kappa shape index (κ3) is 15.3. The number of carbonyl (C=O) groups excluding carboxylic acids is 1. The van der Waals surface area contributed by atoms with Gasteiger partial charge in [0.25, 0.3) is 0 Å². The molecule has 0 aromatic carbocycles. The van der Waals surface area contributed by atoms with Crippen molar-refractivity contribution in [1.29, 1.82) is 0 Å². The van der Waals surface area contributed by atoms with Crippen LogP contribution in [0, 0.1) is 13.8 Å². The molecule has 0 heterocycles. The van der Waals surface area contributed by atoms with Crippen LogP contribution in [0.1, 0.15) is 0 Å².